The van der Waals surface area contributed by atoms with Crippen LogP contribution in [0.3, 0.4) is 0 Å². The standard InChI is InChI=1S/C12H12ClNO2S/c13-12-14-8-11(17-12)9-15-6-7-16-10-4-2-1-3-5-10/h1-5,8H,6-7,9H2. The molecular formula is C12H12ClNO2S. The molecule has 2 aromatic rings. The van der Waals surface area contributed by atoms with Crippen LogP contribution >= 0.6 is 22.9 Å². The number of benzene rings is 1. The fraction of sp³-hybridized carbons (Fsp3) is 0.250. The van der Waals surface area contributed by atoms with E-state index in [9.17, 15) is 0 Å². The molecule has 0 aliphatic carbocycles. The van der Waals surface area contributed by atoms with E-state index in [1.54, 1.807) is 6.20 Å². The molecule has 3 nitrogen and oxygen atoms in total. The molecule has 0 N–H and O–H groups in total. The summed E-state index contributed by atoms with van der Waals surface area (Å²) < 4.78 is 11.5. The van der Waals surface area contributed by atoms with Crippen LogP contribution in [0.25, 0.3) is 0 Å². The van der Waals surface area contributed by atoms with Gasteiger partial charge in [-0.3, -0.25) is 0 Å². The van der Waals surface area contributed by atoms with Crippen molar-refractivity contribution in [2.75, 3.05) is 13.2 Å². The third-order valence-corrected chi connectivity index (χ3v) is 3.10. The predicted molar refractivity (Wildman–Crippen MR) is 68.7 cm³/mol. The van der Waals surface area contributed by atoms with Crippen LogP contribution in [0, 0.1) is 0 Å². The van der Waals surface area contributed by atoms with Crippen molar-refractivity contribution < 1.29 is 9.47 Å². The van der Waals surface area contributed by atoms with Gasteiger partial charge in [-0.15, -0.1) is 11.3 Å². The Labute approximate surface area is 109 Å². The highest BCUT2D eigenvalue weighted by molar-refractivity contribution is 7.15. The molecule has 1 aromatic heterocycles. The second kappa shape index (κ2) is 6.59. The second-order valence-electron chi connectivity index (χ2n) is 3.29. The zero-order valence-corrected chi connectivity index (χ0v) is 10.7. The summed E-state index contributed by atoms with van der Waals surface area (Å²) in [6, 6.07) is 9.67. The molecule has 5 heteroatoms. The zero-order chi connectivity index (χ0) is 11.9. The molecule has 0 fully saturated rings. The number of nitrogens with zero attached hydrogens (tertiary/aromatic N) is 1. The second-order valence-corrected chi connectivity index (χ2v) is 4.99. The quantitative estimate of drug-likeness (QED) is 0.754. The van der Waals surface area contributed by atoms with Crippen molar-refractivity contribution in [2.24, 2.45) is 0 Å². The summed E-state index contributed by atoms with van der Waals surface area (Å²) in [5, 5.41) is 0. The normalized spacial score (nSPS) is 10.4. The number of thiazole rings is 1. The van der Waals surface area contributed by atoms with Crippen LogP contribution in [0.2, 0.25) is 4.47 Å². The average Bonchev–Trinajstić information content (AvgIpc) is 2.76. The van der Waals surface area contributed by atoms with Crippen LogP contribution in [-0.2, 0) is 11.3 Å². The highest BCUT2D eigenvalue weighted by Gasteiger charge is 1.99. The number of hydrogen-bond donors (Lipinski definition) is 0. The number of rotatable bonds is 6. The molecule has 0 aliphatic heterocycles. The van der Waals surface area contributed by atoms with E-state index in [1.165, 1.54) is 11.3 Å². The molecule has 0 atom stereocenters. The molecule has 0 unspecified atom stereocenters. The highest BCUT2D eigenvalue weighted by Crippen LogP contribution is 2.18. The van der Waals surface area contributed by atoms with Crippen LogP contribution in [-0.4, -0.2) is 18.2 Å². The van der Waals surface area contributed by atoms with E-state index in [2.05, 4.69) is 4.98 Å². The van der Waals surface area contributed by atoms with Gasteiger partial charge in [-0.2, -0.15) is 0 Å². The Morgan fingerprint density at radius 1 is 1.18 bits per heavy atom. The van der Waals surface area contributed by atoms with Gasteiger partial charge in [0.1, 0.15) is 12.4 Å². The Morgan fingerprint density at radius 2 is 2.00 bits per heavy atom. The number of hydrogen-bond acceptors (Lipinski definition) is 4. The fourth-order valence-corrected chi connectivity index (χ4v) is 2.17. The summed E-state index contributed by atoms with van der Waals surface area (Å²) >= 11 is 7.14. The Hall–Kier alpha value is -1.10. The minimum atomic E-state index is 0.530. The monoisotopic (exact) mass is 269 g/mol. The molecule has 0 saturated carbocycles. The van der Waals surface area contributed by atoms with Crippen molar-refractivity contribution >= 4 is 22.9 Å². The van der Waals surface area contributed by atoms with Crippen molar-refractivity contribution in [2.45, 2.75) is 6.61 Å². The maximum atomic E-state index is 5.71. The first-order chi connectivity index (χ1) is 8.34. The third kappa shape index (κ3) is 4.34. The van der Waals surface area contributed by atoms with Gasteiger partial charge in [0.2, 0.25) is 0 Å². The topological polar surface area (TPSA) is 31.4 Å². The minimum absolute atomic E-state index is 0.530. The molecule has 2 rings (SSSR count). The summed E-state index contributed by atoms with van der Waals surface area (Å²) in [5.41, 5.74) is 0. The van der Waals surface area contributed by atoms with E-state index in [0.717, 1.165) is 10.6 Å². The predicted octanol–water partition coefficient (Wildman–Crippen LogP) is 3.39. The van der Waals surface area contributed by atoms with Gasteiger partial charge in [0, 0.05) is 6.20 Å². The molecule has 1 heterocycles. The van der Waals surface area contributed by atoms with Gasteiger partial charge in [0.05, 0.1) is 18.1 Å². The molecule has 0 saturated heterocycles. The van der Waals surface area contributed by atoms with Crippen LogP contribution in [0.5, 0.6) is 5.75 Å². The van der Waals surface area contributed by atoms with E-state index >= 15 is 0 Å². The Bertz CT molecular complexity index is 447. The van der Waals surface area contributed by atoms with Gasteiger partial charge >= 0.3 is 0 Å². The smallest absolute Gasteiger partial charge is 0.183 e. The van der Waals surface area contributed by atoms with Crippen molar-refractivity contribution in [1.29, 1.82) is 0 Å². The van der Waals surface area contributed by atoms with Gasteiger partial charge in [0.15, 0.2) is 4.47 Å². The molecular weight excluding hydrogens is 258 g/mol. The molecule has 90 valence electrons. The Kier molecular flexibility index (Phi) is 4.79. The fourth-order valence-electron chi connectivity index (χ4n) is 1.26. The first-order valence-electron chi connectivity index (χ1n) is 5.20. The van der Waals surface area contributed by atoms with Gasteiger partial charge in [-0.1, -0.05) is 29.8 Å². The van der Waals surface area contributed by atoms with Gasteiger partial charge in [-0.25, -0.2) is 4.98 Å². The highest BCUT2D eigenvalue weighted by atomic mass is 35.5. The first kappa shape index (κ1) is 12.4. The molecule has 1 aromatic carbocycles. The van der Waals surface area contributed by atoms with E-state index < -0.39 is 0 Å². The third-order valence-electron chi connectivity index (χ3n) is 2.01. The molecule has 0 bridgehead atoms. The van der Waals surface area contributed by atoms with Gasteiger partial charge < -0.3 is 9.47 Å². The SMILES string of the molecule is Clc1ncc(COCCOc2ccccc2)s1. The maximum absolute atomic E-state index is 5.71. The summed E-state index contributed by atoms with van der Waals surface area (Å²) in [4.78, 5) is 4.96. The van der Waals surface area contributed by atoms with Crippen molar-refractivity contribution in [3.05, 3.63) is 45.9 Å². The largest absolute Gasteiger partial charge is 0.491 e. The van der Waals surface area contributed by atoms with E-state index in [1.807, 2.05) is 30.3 Å². The zero-order valence-electron chi connectivity index (χ0n) is 9.14. The lowest BCUT2D eigenvalue weighted by atomic mass is 10.3. The van der Waals surface area contributed by atoms with Crippen molar-refractivity contribution in [1.82, 2.24) is 4.98 Å². The summed E-state index contributed by atoms with van der Waals surface area (Å²) in [6.45, 7) is 1.61. The first-order valence-corrected chi connectivity index (χ1v) is 6.40. The van der Waals surface area contributed by atoms with Crippen LogP contribution in [0.4, 0.5) is 0 Å². The summed E-state index contributed by atoms with van der Waals surface area (Å²) in [5.74, 6) is 0.858. The summed E-state index contributed by atoms with van der Waals surface area (Å²) in [6.07, 6.45) is 1.73. The Morgan fingerprint density at radius 3 is 2.71 bits per heavy atom. The van der Waals surface area contributed by atoms with Crippen LogP contribution < -0.4 is 4.74 Å². The van der Waals surface area contributed by atoms with Crippen molar-refractivity contribution in [3.63, 3.8) is 0 Å². The molecule has 0 amide bonds. The van der Waals surface area contributed by atoms with Crippen LogP contribution in [0.1, 0.15) is 4.88 Å². The molecule has 0 radical (unpaired) electrons. The maximum Gasteiger partial charge on any atom is 0.183 e. The van der Waals surface area contributed by atoms with E-state index in [4.69, 9.17) is 21.1 Å². The average molecular weight is 270 g/mol. The molecule has 0 aliphatic rings. The number of para-hydroxylation sites is 1. The molecule has 17 heavy (non-hydrogen) atoms. The Balaban J connectivity index is 1.61. The molecule has 0 spiro atoms. The van der Waals surface area contributed by atoms with Crippen molar-refractivity contribution in [3.8, 4) is 5.75 Å². The van der Waals surface area contributed by atoms with E-state index in [0.29, 0.717) is 24.3 Å². The number of ether oxygens (including phenoxy) is 2. The number of halogens is 1. The summed E-state index contributed by atoms with van der Waals surface area (Å²) in [7, 11) is 0. The number of aromatic nitrogens is 1. The van der Waals surface area contributed by atoms with Gasteiger partial charge in [0.25, 0.3) is 0 Å². The van der Waals surface area contributed by atoms with E-state index in [-0.39, 0.29) is 0 Å². The minimum Gasteiger partial charge on any atom is -0.491 e. The lowest BCUT2D eigenvalue weighted by Crippen LogP contribution is -2.06. The lowest BCUT2D eigenvalue weighted by molar-refractivity contribution is 0.0904. The van der Waals surface area contributed by atoms with Crippen LogP contribution in [0.15, 0.2) is 36.5 Å². The lowest BCUT2D eigenvalue weighted by Gasteiger charge is -2.05. The van der Waals surface area contributed by atoms with Gasteiger partial charge in [-0.05, 0) is 12.1 Å².